The predicted octanol–water partition coefficient (Wildman–Crippen LogP) is 1.83. The van der Waals surface area contributed by atoms with Crippen LogP contribution >= 0.6 is 0 Å². The second-order valence-electron chi connectivity index (χ2n) is 3.22. The third-order valence-electron chi connectivity index (χ3n) is 2.06. The van der Waals surface area contributed by atoms with E-state index in [1.54, 1.807) is 31.2 Å². The van der Waals surface area contributed by atoms with E-state index in [0.29, 0.717) is 22.8 Å². The first-order valence-corrected chi connectivity index (χ1v) is 4.70. The van der Waals surface area contributed by atoms with E-state index in [1.165, 1.54) is 7.11 Å². The monoisotopic (exact) mass is 218 g/mol. The first-order valence-electron chi connectivity index (χ1n) is 4.70. The highest BCUT2D eigenvalue weighted by molar-refractivity contribution is 5.90. The molecule has 0 saturated carbocycles. The van der Waals surface area contributed by atoms with Crippen LogP contribution in [0.25, 0.3) is 11.5 Å². The Labute approximate surface area is 92.0 Å². The Morgan fingerprint density at radius 2 is 2.25 bits per heavy atom. The van der Waals surface area contributed by atoms with Crippen molar-refractivity contribution in [3.05, 3.63) is 35.7 Å². The third kappa shape index (κ3) is 1.93. The number of carbonyl (C=O) groups excluding carboxylic acids is 1. The van der Waals surface area contributed by atoms with Crippen LogP contribution in [-0.4, -0.2) is 23.2 Å². The number of benzene rings is 1. The SMILES string of the molecule is COC(=O)c1cccc(-c2nc(C)no2)c1. The zero-order chi connectivity index (χ0) is 11.5. The minimum Gasteiger partial charge on any atom is -0.465 e. The van der Waals surface area contributed by atoms with Crippen LogP contribution < -0.4 is 0 Å². The van der Waals surface area contributed by atoms with Crippen molar-refractivity contribution in [2.45, 2.75) is 6.92 Å². The maximum absolute atomic E-state index is 11.3. The Morgan fingerprint density at radius 3 is 2.88 bits per heavy atom. The molecule has 1 aromatic heterocycles. The average Bonchev–Trinajstić information content (AvgIpc) is 2.75. The number of nitrogens with zero attached hydrogens (tertiary/aromatic N) is 2. The van der Waals surface area contributed by atoms with Crippen molar-refractivity contribution in [2.75, 3.05) is 7.11 Å². The molecule has 0 saturated heterocycles. The molecule has 1 heterocycles. The van der Waals surface area contributed by atoms with Gasteiger partial charge in [0.15, 0.2) is 5.82 Å². The molecule has 82 valence electrons. The largest absolute Gasteiger partial charge is 0.465 e. The van der Waals surface area contributed by atoms with Crippen LogP contribution in [0.5, 0.6) is 0 Å². The van der Waals surface area contributed by atoms with E-state index >= 15 is 0 Å². The van der Waals surface area contributed by atoms with Crippen LogP contribution in [0, 0.1) is 6.92 Å². The fourth-order valence-corrected chi connectivity index (χ4v) is 1.31. The van der Waals surface area contributed by atoms with Gasteiger partial charge in [-0.2, -0.15) is 4.98 Å². The van der Waals surface area contributed by atoms with E-state index in [1.807, 2.05) is 0 Å². The molecule has 2 rings (SSSR count). The van der Waals surface area contributed by atoms with Gasteiger partial charge in [-0.15, -0.1) is 0 Å². The Kier molecular flexibility index (Phi) is 2.68. The molecule has 0 bridgehead atoms. The number of hydrogen-bond acceptors (Lipinski definition) is 5. The number of aryl methyl sites for hydroxylation is 1. The zero-order valence-electron chi connectivity index (χ0n) is 8.93. The van der Waals surface area contributed by atoms with Gasteiger partial charge in [0, 0.05) is 5.56 Å². The summed E-state index contributed by atoms with van der Waals surface area (Å²) in [6.07, 6.45) is 0. The number of ether oxygens (including phenoxy) is 1. The van der Waals surface area contributed by atoms with Gasteiger partial charge in [-0.1, -0.05) is 11.2 Å². The van der Waals surface area contributed by atoms with E-state index in [4.69, 9.17) is 4.52 Å². The Hall–Kier alpha value is -2.17. The lowest BCUT2D eigenvalue weighted by atomic mass is 10.1. The van der Waals surface area contributed by atoms with Crippen LogP contribution in [0.1, 0.15) is 16.2 Å². The van der Waals surface area contributed by atoms with E-state index in [-0.39, 0.29) is 0 Å². The molecule has 1 aromatic carbocycles. The van der Waals surface area contributed by atoms with Crippen molar-refractivity contribution in [1.29, 1.82) is 0 Å². The minimum atomic E-state index is -0.391. The maximum Gasteiger partial charge on any atom is 0.337 e. The van der Waals surface area contributed by atoms with Gasteiger partial charge in [-0.3, -0.25) is 0 Å². The van der Waals surface area contributed by atoms with Crippen LogP contribution in [0.2, 0.25) is 0 Å². The average molecular weight is 218 g/mol. The molecule has 5 heteroatoms. The molecule has 0 amide bonds. The van der Waals surface area contributed by atoms with Gasteiger partial charge >= 0.3 is 5.97 Å². The van der Waals surface area contributed by atoms with Gasteiger partial charge in [0.25, 0.3) is 5.89 Å². The summed E-state index contributed by atoms with van der Waals surface area (Å²) in [5.41, 5.74) is 1.15. The van der Waals surface area contributed by atoms with Gasteiger partial charge in [-0.05, 0) is 25.1 Å². The summed E-state index contributed by atoms with van der Waals surface area (Å²) in [5, 5.41) is 3.69. The quantitative estimate of drug-likeness (QED) is 0.719. The normalized spacial score (nSPS) is 10.1. The molecule has 0 radical (unpaired) electrons. The number of carbonyl (C=O) groups is 1. The number of esters is 1. The van der Waals surface area contributed by atoms with Crippen molar-refractivity contribution in [1.82, 2.24) is 10.1 Å². The van der Waals surface area contributed by atoms with Crippen LogP contribution in [-0.2, 0) is 4.74 Å². The number of rotatable bonds is 2. The minimum absolute atomic E-state index is 0.391. The molecule has 0 unspecified atom stereocenters. The highest BCUT2D eigenvalue weighted by Gasteiger charge is 2.10. The fourth-order valence-electron chi connectivity index (χ4n) is 1.31. The summed E-state index contributed by atoms with van der Waals surface area (Å²) in [5.74, 6) is 0.555. The molecule has 2 aromatic rings. The summed E-state index contributed by atoms with van der Waals surface area (Å²) in [4.78, 5) is 15.4. The summed E-state index contributed by atoms with van der Waals surface area (Å²) in [6, 6.07) is 6.85. The smallest absolute Gasteiger partial charge is 0.337 e. The van der Waals surface area contributed by atoms with Crippen molar-refractivity contribution in [3.8, 4) is 11.5 Å². The van der Waals surface area contributed by atoms with E-state index in [0.717, 1.165) is 0 Å². The Morgan fingerprint density at radius 1 is 1.44 bits per heavy atom. The predicted molar refractivity (Wildman–Crippen MR) is 55.8 cm³/mol. The first kappa shape index (κ1) is 10.4. The molecule has 16 heavy (non-hydrogen) atoms. The molecule has 0 spiro atoms. The summed E-state index contributed by atoms with van der Waals surface area (Å²) < 4.78 is 9.63. The van der Waals surface area contributed by atoms with Gasteiger partial charge < -0.3 is 9.26 Å². The summed E-state index contributed by atoms with van der Waals surface area (Å²) >= 11 is 0. The molecule has 0 aliphatic heterocycles. The zero-order valence-corrected chi connectivity index (χ0v) is 8.93. The van der Waals surface area contributed by atoms with Crippen LogP contribution in [0.4, 0.5) is 0 Å². The summed E-state index contributed by atoms with van der Waals surface area (Å²) in [6.45, 7) is 1.73. The highest BCUT2D eigenvalue weighted by atomic mass is 16.5. The summed E-state index contributed by atoms with van der Waals surface area (Å²) in [7, 11) is 1.34. The number of methoxy groups -OCH3 is 1. The molecule has 0 aliphatic rings. The fraction of sp³-hybridized carbons (Fsp3) is 0.182. The van der Waals surface area contributed by atoms with E-state index in [9.17, 15) is 4.79 Å². The lowest BCUT2D eigenvalue weighted by molar-refractivity contribution is 0.0601. The molecule has 0 fully saturated rings. The molecule has 5 nitrogen and oxygen atoms in total. The molecule has 0 aliphatic carbocycles. The van der Waals surface area contributed by atoms with Gasteiger partial charge in [0.2, 0.25) is 0 Å². The van der Waals surface area contributed by atoms with Crippen LogP contribution in [0.15, 0.2) is 28.8 Å². The Bertz CT molecular complexity index is 519. The van der Waals surface area contributed by atoms with Gasteiger partial charge in [-0.25, -0.2) is 4.79 Å². The van der Waals surface area contributed by atoms with Gasteiger partial charge in [0.1, 0.15) is 0 Å². The standard InChI is InChI=1S/C11H10N2O3/c1-7-12-10(16-13-7)8-4-3-5-9(6-8)11(14)15-2/h3-6H,1-2H3. The maximum atomic E-state index is 11.3. The van der Waals surface area contributed by atoms with Crippen molar-refractivity contribution >= 4 is 5.97 Å². The number of aromatic nitrogens is 2. The molecular weight excluding hydrogens is 208 g/mol. The van der Waals surface area contributed by atoms with Crippen molar-refractivity contribution in [2.24, 2.45) is 0 Å². The first-order chi connectivity index (χ1) is 7.70. The Balaban J connectivity index is 2.39. The van der Waals surface area contributed by atoms with E-state index in [2.05, 4.69) is 14.9 Å². The second kappa shape index (κ2) is 4.14. The molecular formula is C11H10N2O3. The number of hydrogen-bond donors (Lipinski definition) is 0. The topological polar surface area (TPSA) is 65.2 Å². The third-order valence-corrected chi connectivity index (χ3v) is 2.06. The van der Waals surface area contributed by atoms with Gasteiger partial charge in [0.05, 0.1) is 12.7 Å². The van der Waals surface area contributed by atoms with Crippen molar-refractivity contribution < 1.29 is 14.1 Å². The molecule has 0 N–H and O–H groups in total. The lowest BCUT2D eigenvalue weighted by Crippen LogP contribution is -2.00. The molecule has 0 atom stereocenters. The van der Waals surface area contributed by atoms with Crippen molar-refractivity contribution in [3.63, 3.8) is 0 Å². The van der Waals surface area contributed by atoms with Crippen LogP contribution in [0.3, 0.4) is 0 Å². The lowest BCUT2D eigenvalue weighted by Gasteiger charge is -1.99. The highest BCUT2D eigenvalue weighted by Crippen LogP contribution is 2.18. The second-order valence-corrected chi connectivity index (χ2v) is 3.22. The van der Waals surface area contributed by atoms with E-state index < -0.39 is 5.97 Å².